The van der Waals surface area contributed by atoms with E-state index in [1.54, 1.807) is 6.08 Å². The van der Waals surface area contributed by atoms with Gasteiger partial charge in [0.25, 0.3) is 0 Å². The Hall–Kier alpha value is -0.246. The van der Waals surface area contributed by atoms with E-state index in [1.165, 1.54) is 0 Å². The van der Waals surface area contributed by atoms with Gasteiger partial charge in [0.2, 0.25) is 0 Å². The van der Waals surface area contributed by atoms with E-state index >= 15 is 0 Å². The standard InChI is InChI=1S/C27H56O4Si2/c1-16-23(28)19(2)17-20(3)25(31-33(14,15)27(9,10)11)22(5)24(29)21(4)18-30-32(12,13)26(6,7)8/h16-17,19,21-25,28-29H,1,18H2,2-15H3/b20-17+/t19-,21-,22-,23-,24+,25-/m0/s1. The molecule has 0 saturated carbocycles. The maximum absolute atomic E-state index is 11.4. The number of aliphatic hydroxyl groups is 2. The fourth-order valence-electron chi connectivity index (χ4n) is 3.28. The van der Waals surface area contributed by atoms with Crippen molar-refractivity contribution < 1.29 is 19.1 Å². The maximum Gasteiger partial charge on any atom is 0.192 e. The summed E-state index contributed by atoms with van der Waals surface area (Å²) in [5.41, 5.74) is 1.05. The van der Waals surface area contributed by atoms with E-state index in [9.17, 15) is 10.2 Å². The van der Waals surface area contributed by atoms with Crippen molar-refractivity contribution in [3.63, 3.8) is 0 Å². The molecule has 0 unspecified atom stereocenters. The summed E-state index contributed by atoms with van der Waals surface area (Å²) < 4.78 is 13.3. The quantitative estimate of drug-likeness (QED) is 0.220. The van der Waals surface area contributed by atoms with Crippen molar-refractivity contribution in [1.29, 1.82) is 0 Å². The average molecular weight is 501 g/mol. The Kier molecular flexibility index (Phi) is 12.0. The van der Waals surface area contributed by atoms with Gasteiger partial charge in [0.15, 0.2) is 16.6 Å². The molecule has 2 N–H and O–H groups in total. The van der Waals surface area contributed by atoms with Crippen LogP contribution in [0.25, 0.3) is 0 Å². The molecule has 0 aliphatic carbocycles. The topological polar surface area (TPSA) is 58.9 Å². The number of hydrogen-bond acceptors (Lipinski definition) is 4. The molecule has 0 bridgehead atoms. The number of rotatable bonds is 12. The molecule has 0 aromatic heterocycles. The highest BCUT2D eigenvalue weighted by Gasteiger charge is 2.43. The molecule has 0 fully saturated rings. The van der Waals surface area contributed by atoms with Crippen LogP contribution in [0.2, 0.25) is 36.3 Å². The summed E-state index contributed by atoms with van der Waals surface area (Å²) in [6.07, 6.45) is 2.25. The predicted molar refractivity (Wildman–Crippen MR) is 149 cm³/mol. The van der Waals surface area contributed by atoms with Gasteiger partial charge in [0.05, 0.1) is 18.3 Å². The molecule has 0 rings (SSSR count). The summed E-state index contributed by atoms with van der Waals surface area (Å²) in [6, 6.07) is 0. The van der Waals surface area contributed by atoms with Crippen LogP contribution in [0.5, 0.6) is 0 Å². The van der Waals surface area contributed by atoms with E-state index in [1.807, 2.05) is 6.92 Å². The molecule has 6 atom stereocenters. The first kappa shape index (κ1) is 32.8. The molecule has 4 nitrogen and oxygen atoms in total. The first-order valence-electron chi connectivity index (χ1n) is 12.6. The van der Waals surface area contributed by atoms with Gasteiger partial charge in [-0.05, 0) is 48.8 Å². The van der Waals surface area contributed by atoms with Crippen molar-refractivity contribution in [2.75, 3.05) is 6.61 Å². The van der Waals surface area contributed by atoms with Crippen LogP contribution in [0.3, 0.4) is 0 Å². The zero-order chi connectivity index (χ0) is 26.6. The van der Waals surface area contributed by atoms with Crippen LogP contribution >= 0.6 is 0 Å². The van der Waals surface area contributed by atoms with Crippen LogP contribution < -0.4 is 0 Å². The normalized spacial score (nSPS) is 20.1. The molecule has 6 heteroatoms. The second-order valence-corrected chi connectivity index (χ2v) is 22.8. The SMILES string of the molecule is C=C[C@H](O)[C@@H](C)/C=C(\C)[C@H](O[Si](C)(C)C(C)(C)C)[C@@H](C)[C@H](O)[C@@H](C)CO[Si](C)(C)C(C)(C)C. The minimum atomic E-state index is -2.09. The molecular weight excluding hydrogens is 444 g/mol. The monoisotopic (exact) mass is 500 g/mol. The Morgan fingerprint density at radius 2 is 1.36 bits per heavy atom. The Bertz CT molecular complexity index is 643. The highest BCUT2D eigenvalue weighted by Crippen LogP contribution is 2.40. The highest BCUT2D eigenvalue weighted by atomic mass is 28.4. The molecule has 0 aromatic carbocycles. The fourth-order valence-corrected chi connectivity index (χ4v) is 5.79. The lowest BCUT2D eigenvalue weighted by atomic mass is 9.85. The van der Waals surface area contributed by atoms with Crippen molar-refractivity contribution in [3.8, 4) is 0 Å². The lowest BCUT2D eigenvalue weighted by Gasteiger charge is -2.43. The molecule has 0 heterocycles. The second kappa shape index (κ2) is 12.1. The van der Waals surface area contributed by atoms with Crippen LogP contribution in [0.4, 0.5) is 0 Å². The van der Waals surface area contributed by atoms with Gasteiger partial charge in [-0.15, -0.1) is 6.58 Å². The summed E-state index contributed by atoms with van der Waals surface area (Å²) in [5.74, 6) is -0.193. The van der Waals surface area contributed by atoms with Gasteiger partial charge >= 0.3 is 0 Å². The van der Waals surface area contributed by atoms with E-state index in [0.29, 0.717) is 6.61 Å². The number of hydrogen-bond donors (Lipinski definition) is 2. The predicted octanol–water partition coefficient (Wildman–Crippen LogP) is 7.16. The van der Waals surface area contributed by atoms with Gasteiger partial charge in [-0.25, -0.2) is 0 Å². The van der Waals surface area contributed by atoms with Gasteiger partial charge in [-0.3, -0.25) is 0 Å². The Labute approximate surface area is 208 Å². The first-order valence-corrected chi connectivity index (χ1v) is 18.4. The molecule has 0 aliphatic rings. The second-order valence-electron chi connectivity index (χ2n) is 13.2. The minimum absolute atomic E-state index is 0.0105. The van der Waals surface area contributed by atoms with Gasteiger partial charge in [-0.1, -0.05) is 74.5 Å². The maximum atomic E-state index is 11.4. The van der Waals surface area contributed by atoms with Gasteiger partial charge < -0.3 is 19.1 Å². The Balaban J connectivity index is 5.86. The fraction of sp³-hybridized carbons (Fsp3) is 0.852. The summed E-state index contributed by atoms with van der Waals surface area (Å²) in [7, 11) is -3.98. The molecular formula is C27H56O4Si2. The van der Waals surface area contributed by atoms with Crippen molar-refractivity contribution in [2.24, 2.45) is 17.8 Å². The van der Waals surface area contributed by atoms with Crippen LogP contribution in [-0.2, 0) is 8.85 Å². The minimum Gasteiger partial charge on any atom is -0.416 e. The average Bonchev–Trinajstić information content (AvgIpc) is 2.66. The van der Waals surface area contributed by atoms with Crippen LogP contribution in [0.15, 0.2) is 24.3 Å². The molecule has 0 amide bonds. The Morgan fingerprint density at radius 1 is 0.909 bits per heavy atom. The lowest BCUT2D eigenvalue weighted by Crippen LogP contribution is -2.49. The van der Waals surface area contributed by atoms with E-state index in [4.69, 9.17) is 8.85 Å². The summed E-state index contributed by atoms with van der Waals surface area (Å²) in [5, 5.41) is 21.8. The zero-order valence-electron chi connectivity index (χ0n) is 24.2. The van der Waals surface area contributed by atoms with Gasteiger partial charge in [0.1, 0.15) is 0 Å². The van der Waals surface area contributed by atoms with Crippen molar-refractivity contribution in [2.45, 2.75) is 124 Å². The van der Waals surface area contributed by atoms with Crippen molar-refractivity contribution in [3.05, 3.63) is 24.3 Å². The lowest BCUT2D eigenvalue weighted by molar-refractivity contribution is -0.00245. The van der Waals surface area contributed by atoms with Crippen LogP contribution in [0, 0.1) is 17.8 Å². The zero-order valence-corrected chi connectivity index (χ0v) is 26.2. The Morgan fingerprint density at radius 3 is 1.76 bits per heavy atom. The molecule has 0 saturated heterocycles. The highest BCUT2D eigenvalue weighted by molar-refractivity contribution is 6.74. The van der Waals surface area contributed by atoms with Crippen LogP contribution in [-0.4, -0.2) is 51.8 Å². The van der Waals surface area contributed by atoms with Gasteiger partial charge in [-0.2, -0.15) is 0 Å². The molecule has 0 radical (unpaired) electrons. The summed E-state index contributed by atoms with van der Waals surface area (Å²) in [6.45, 7) is 34.8. The smallest absolute Gasteiger partial charge is 0.192 e. The first-order chi connectivity index (χ1) is 14.6. The van der Waals surface area contributed by atoms with E-state index in [0.717, 1.165) is 5.57 Å². The molecule has 0 aliphatic heterocycles. The molecule has 0 spiro atoms. The summed E-state index contributed by atoms with van der Waals surface area (Å²) in [4.78, 5) is 0. The van der Waals surface area contributed by atoms with E-state index < -0.39 is 28.8 Å². The van der Waals surface area contributed by atoms with E-state index in [-0.39, 0.29) is 33.9 Å². The molecule has 196 valence electrons. The van der Waals surface area contributed by atoms with Crippen molar-refractivity contribution in [1.82, 2.24) is 0 Å². The molecule has 33 heavy (non-hydrogen) atoms. The third-order valence-corrected chi connectivity index (χ3v) is 17.1. The number of aliphatic hydroxyl groups excluding tert-OH is 2. The third kappa shape index (κ3) is 9.38. The van der Waals surface area contributed by atoms with Crippen LogP contribution in [0.1, 0.15) is 69.2 Å². The summed E-state index contributed by atoms with van der Waals surface area (Å²) >= 11 is 0. The third-order valence-electron chi connectivity index (χ3n) is 8.10. The van der Waals surface area contributed by atoms with Gasteiger partial charge in [0, 0.05) is 24.4 Å². The largest absolute Gasteiger partial charge is 0.416 e. The van der Waals surface area contributed by atoms with Crippen molar-refractivity contribution >= 4 is 16.6 Å². The van der Waals surface area contributed by atoms with E-state index in [2.05, 4.69) is 101 Å². The molecule has 0 aromatic rings.